The third-order valence-electron chi connectivity index (χ3n) is 3.24. The molecule has 0 bridgehead atoms. The summed E-state index contributed by atoms with van der Waals surface area (Å²) in [5.74, 6) is 1.69. The third-order valence-corrected chi connectivity index (χ3v) is 3.24. The van der Waals surface area contributed by atoms with Crippen molar-refractivity contribution >= 4 is 5.82 Å². The van der Waals surface area contributed by atoms with Crippen LogP contribution in [-0.4, -0.2) is 28.8 Å². The fraction of sp³-hybridized carbons (Fsp3) is 0.733. The zero-order valence-electron chi connectivity index (χ0n) is 12.6. The van der Waals surface area contributed by atoms with Crippen molar-refractivity contribution in [2.75, 3.05) is 11.4 Å². The second-order valence-corrected chi connectivity index (χ2v) is 6.20. The van der Waals surface area contributed by atoms with Gasteiger partial charge in [0.2, 0.25) is 0 Å². The Hall–Kier alpha value is -1.16. The topological polar surface area (TPSA) is 41.0 Å². The van der Waals surface area contributed by atoms with Gasteiger partial charge in [0.15, 0.2) is 5.82 Å². The van der Waals surface area contributed by atoms with Gasteiger partial charge in [-0.15, -0.1) is 5.10 Å². The van der Waals surface area contributed by atoms with Gasteiger partial charge in [0.1, 0.15) is 0 Å². The number of anilines is 1. The fourth-order valence-electron chi connectivity index (χ4n) is 2.12. The maximum Gasteiger partial charge on any atom is 0.151 e. The molecule has 0 aromatic carbocycles. The largest absolute Gasteiger partial charge is 0.352 e. The first-order chi connectivity index (χ1) is 9.06. The molecule has 0 aliphatic heterocycles. The molecule has 1 aromatic rings. The summed E-state index contributed by atoms with van der Waals surface area (Å²) < 4.78 is 0. The second-order valence-electron chi connectivity index (χ2n) is 6.20. The maximum absolute atomic E-state index is 4.41. The summed E-state index contributed by atoms with van der Waals surface area (Å²) in [7, 11) is 0. The van der Waals surface area contributed by atoms with E-state index < -0.39 is 0 Å². The van der Waals surface area contributed by atoms with Crippen molar-refractivity contribution in [1.29, 1.82) is 0 Å². The van der Waals surface area contributed by atoms with Crippen LogP contribution in [0.3, 0.4) is 0 Å². The predicted molar refractivity (Wildman–Crippen MR) is 79.2 cm³/mol. The Labute approximate surface area is 116 Å². The van der Waals surface area contributed by atoms with Crippen LogP contribution >= 0.6 is 0 Å². The van der Waals surface area contributed by atoms with Crippen molar-refractivity contribution in [3.05, 3.63) is 17.8 Å². The van der Waals surface area contributed by atoms with Gasteiger partial charge in [-0.2, -0.15) is 5.10 Å². The molecular formula is C15H26N4. The Morgan fingerprint density at radius 1 is 1.21 bits per heavy atom. The van der Waals surface area contributed by atoms with E-state index in [0.29, 0.717) is 18.0 Å². The van der Waals surface area contributed by atoms with Crippen molar-refractivity contribution in [3.8, 4) is 0 Å². The molecule has 1 N–H and O–H groups in total. The van der Waals surface area contributed by atoms with E-state index >= 15 is 0 Å². The molecular weight excluding hydrogens is 236 g/mol. The minimum atomic E-state index is 0.477. The van der Waals surface area contributed by atoms with Crippen LogP contribution in [0.1, 0.15) is 46.2 Å². The summed E-state index contributed by atoms with van der Waals surface area (Å²) >= 11 is 0. The van der Waals surface area contributed by atoms with Crippen LogP contribution in [-0.2, 0) is 6.54 Å². The zero-order chi connectivity index (χ0) is 13.8. The standard InChI is InChI=1S/C15H26N4/c1-11(2)10-19(14-6-7-14)15-8-5-13(17-18-15)9-16-12(3)4/h5,8,11-12,14,16H,6-7,9-10H2,1-4H3. The maximum atomic E-state index is 4.41. The Balaban J connectivity index is 1.99. The molecule has 0 spiro atoms. The van der Waals surface area contributed by atoms with Gasteiger partial charge in [-0.3, -0.25) is 0 Å². The van der Waals surface area contributed by atoms with Crippen LogP contribution in [0.2, 0.25) is 0 Å². The SMILES string of the molecule is CC(C)CN(c1ccc(CNC(C)C)nn1)C1CC1. The average Bonchev–Trinajstić information content (AvgIpc) is 3.18. The molecule has 106 valence electrons. The lowest BCUT2D eigenvalue weighted by Crippen LogP contribution is -2.31. The van der Waals surface area contributed by atoms with E-state index in [-0.39, 0.29) is 0 Å². The molecule has 19 heavy (non-hydrogen) atoms. The van der Waals surface area contributed by atoms with Gasteiger partial charge >= 0.3 is 0 Å². The minimum absolute atomic E-state index is 0.477. The molecule has 1 aliphatic rings. The van der Waals surface area contributed by atoms with Gasteiger partial charge in [0, 0.05) is 25.2 Å². The Bertz CT molecular complexity index is 382. The lowest BCUT2D eigenvalue weighted by Gasteiger charge is -2.25. The zero-order valence-corrected chi connectivity index (χ0v) is 12.6. The third kappa shape index (κ3) is 4.46. The molecule has 0 atom stereocenters. The summed E-state index contributed by atoms with van der Waals surface area (Å²) in [6.45, 7) is 10.6. The first-order valence-corrected chi connectivity index (χ1v) is 7.39. The molecule has 1 saturated carbocycles. The van der Waals surface area contributed by atoms with E-state index in [9.17, 15) is 0 Å². The van der Waals surface area contributed by atoms with Crippen molar-refractivity contribution < 1.29 is 0 Å². The first-order valence-electron chi connectivity index (χ1n) is 7.39. The van der Waals surface area contributed by atoms with Gasteiger partial charge in [-0.05, 0) is 30.9 Å². The van der Waals surface area contributed by atoms with Crippen LogP contribution in [0.4, 0.5) is 5.82 Å². The quantitative estimate of drug-likeness (QED) is 0.820. The highest BCUT2D eigenvalue weighted by molar-refractivity contribution is 5.40. The monoisotopic (exact) mass is 262 g/mol. The Morgan fingerprint density at radius 3 is 2.42 bits per heavy atom. The first kappa shape index (κ1) is 14.3. The highest BCUT2D eigenvalue weighted by atomic mass is 15.3. The van der Waals surface area contributed by atoms with E-state index in [0.717, 1.165) is 24.6 Å². The summed E-state index contributed by atoms with van der Waals surface area (Å²) in [6.07, 6.45) is 2.59. The predicted octanol–water partition coefficient (Wildman–Crippen LogP) is 2.60. The van der Waals surface area contributed by atoms with Gasteiger partial charge in [-0.25, -0.2) is 0 Å². The molecule has 1 aliphatic carbocycles. The highest BCUT2D eigenvalue weighted by Gasteiger charge is 2.30. The molecule has 1 fully saturated rings. The van der Waals surface area contributed by atoms with E-state index in [1.807, 2.05) is 0 Å². The normalized spacial score (nSPS) is 15.3. The summed E-state index contributed by atoms with van der Waals surface area (Å²) in [5.41, 5.74) is 1.01. The Kier molecular flexibility index (Phi) is 4.75. The lowest BCUT2D eigenvalue weighted by molar-refractivity contribution is 0.574. The van der Waals surface area contributed by atoms with E-state index in [1.165, 1.54) is 12.8 Å². The molecule has 0 saturated heterocycles. The molecule has 0 unspecified atom stereocenters. The van der Waals surface area contributed by atoms with Crippen LogP contribution in [0.5, 0.6) is 0 Å². The smallest absolute Gasteiger partial charge is 0.151 e. The average molecular weight is 262 g/mol. The summed E-state index contributed by atoms with van der Waals surface area (Å²) in [4.78, 5) is 2.41. The van der Waals surface area contributed by atoms with E-state index in [1.54, 1.807) is 0 Å². The summed E-state index contributed by atoms with van der Waals surface area (Å²) in [5, 5.41) is 12.1. The summed E-state index contributed by atoms with van der Waals surface area (Å²) in [6, 6.07) is 5.38. The van der Waals surface area contributed by atoms with Crippen LogP contribution in [0.25, 0.3) is 0 Å². The van der Waals surface area contributed by atoms with Gasteiger partial charge < -0.3 is 10.2 Å². The number of hydrogen-bond acceptors (Lipinski definition) is 4. The molecule has 0 amide bonds. The van der Waals surface area contributed by atoms with Crippen LogP contribution in [0.15, 0.2) is 12.1 Å². The van der Waals surface area contributed by atoms with Crippen molar-refractivity contribution in [2.45, 2.75) is 59.2 Å². The van der Waals surface area contributed by atoms with Crippen molar-refractivity contribution in [1.82, 2.24) is 15.5 Å². The fourth-order valence-corrected chi connectivity index (χ4v) is 2.12. The molecule has 4 heteroatoms. The van der Waals surface area contributed by atoms with Crippen molar-refractivity contribution in [3.63, 3.8) is 0 Å². The highest BCUT2D eigenvalue weighted by Crippen LogP contribution is 2.30. The lowest BCUT2D eigenvalue weighted by atomic mass is 10.2. The number of nitrogens with one attached hydrogen (secondary N) is 1. The molecule has 2 rings (SSSR count). The number of hydrogen-bond donors (Lipinski definition) is 1. The molecule has 1 aromatic heterocycles. The van der Waals surface area contributed by atoms with E-state index in [4.69, 9.17) is 0 Å². The molecule has 4 nitrogen and oxygen atoms in total. The number of aromatic nitrogens is 2. The van der Waals surface area contributed by atoms with Crippen LogP contribution < -0.4 is 10.2 Å². The van der Waals surface area contributed by atoms with Crippen molar-refractivity contribution in [2.24, 2.45) is 5.92 Å². The van der Waals surface area contributed by atoms with Crippen LogP contribution in [0, 0.1) is 5.92 Å². The van der Waals surface area contributed by atoms with Gasteiger partial charge in [-0.1, -0.05) is 27.7 Å². The second kappa shape index (κ2) is 6.33. The molecule has 0 radical (unpaired) electrons. The van der Waals surface area contributed by atoms with Gasteiger partial charge in [0.05, 0.1) is 5.69 Å². The molecule has 1 heterocycles. The number of rotatable bonds is 7. The van der Waals surface area contributed by atoms with Gasteiger partial charge in [0.25, 0.3) is 0 Å². The number of nitrogens with zero attached hydrogens (tertiary/aromatic N) is 3. The minimum Gasteiger partial charge on any atom is -0.352 e. The van der Waals surface area contributed by atoms with E-state index in [2.05, 4.69) is 60.2 Å². The Morgan fingerprint density at radius 2 is 1.95 bits per heavy atom.